The molecule has 5 nitrogen and oxygen atoms in total. The van der Waals surface area contributed by atoms with Crippen LogP contribution in [0.25, 0.3) is 0 Å². The first-order valence-corrected chi connectivity index (χ1v) is 6.40. The van der Waals surface area contributed by atoms with E-state index in [9.17, 15) is 5.26 Å². The highest BCUT2D eigenvalue weighted by Gasteiger charge is 2.28. The maximum atomic E-state index is 9.35. The van der Waals surface area contributed by atoms with Gasteiger partial charge in [-0.15, -0.1) is 5.10 Å². The quantitative estimate of drug-likeness (QED) is 0.862. The van der Waals surface area contributed by atoms with Crippen molar-refractivity contribution in [2.24, 2.45) is 0 Å². The highest BCUT2D eigenvalue weighted by atomic mass is 15.3. The Hall–Kier alpha value is -1.67. The molecule has 0 unspecified atom stereocenters. The second kappa shape index (κ2) is 5.32. The standard InChI is InChI=1S/C13H19N5/c1-4-5-18(11-7-15-8-11)13-12(6-14)9(2)10(3)16-17-13/h11,15H,4-5,7-8H2,1-3H3. The van der Waals surface area contributed by atoms with Crippen molar-refractivity contribution in [1.82, 2.24) is 15.5 Å². The minimum Gasteiger partial charge on any atom is -0.348 e. The van der Waals surface area contributed by atoms with Crippen LogP contribution in [0.4, 0.5) is 5.82 Å². The number of nitrogens with zero attached hydrogens (tertiary/aromatic N) is 4. The smallest absolute Gasteiger partial charge is 0.169 e. The lowest BCUT2D eigenvalue weighted by Gasteiger charge is -2.39. The average Bonchev–Trinajstić information content (AvgIpc) is 2.30. The van der Waals surface area contributed by atoms with Crippen molar-refractivity contribution in [1.29, 1.82) is 5.26 Å². The van der Waals surface area contributed by atoms with Gasteiger partial charge in [-0.2, -0.15) is 10.4 Å². The van der Waals surface area contributed by atoms with Crippen molar-refractivity contribution in [2.45, 2.75) is 33.2 Å². The normalized spacial score (nSPS) is 15.0. The fourth-order valence-corrected chi connectivity index (χ4v) is 2.13. The Balaban J connectivity index is 2.41. The Morgan fingerprint density at radius 1 is 1.39 bits per heavy atom. The lowest BCUT2D eigenvalue weighted by molar-refractivity contribution is 0.409. The monoisotopic (exact) mass is 245 g/mol. The Labute approximate surface area is 108 Å². The first-order chi connectivity index (χ1) is 8.69. The van der Waals surface area contributed by atoms with Crippen molar-refractivity contribution in [2.75, 3.05) is 24.5 Å². The van der Waals surface area contributed by atoms with Crippen molar-refractivity contribution < 1.29 is 0 Å². The molecule has 0 aromatic carbocycles. The third-order valence-corrected chi connectivity index (χ3v) is 3.49. The Kier molecular flexibility index (Phi) is 3.78. The summed E-state index contributed by atoms with van der Waals surface area (Å²) >= 11 is 0. The van der Waals surface area contributed by atoms with Gasteiger partial charge in [0.25, 0.3) is 0 Å². The molecule has 0 saturated carbocycles. The fraction of sp³-hybridized carbons (Fsp3) is 0.615. The van der Waals surface area contributed by atoms with Crippen molar-refractivity contribution in [3.05, 3.63) is 16.8 Å². The van der Waals surface area contributed by atoms with Gasteiger partial charge in [0.15, 0.2) is 5.82 Å². The van der Waals surface area contributed by atoms with Crippen LogP contribution < -0.4 is 10.2 Å². The van der Waals surface area contributed by atoms with Gasteiger partial charge in [-0.25, -0.2) is 0 Å². The number of aryl methyl sites for hydroxylation is 1. The molecular formula is C13H19N5. The van der Waals surface area contributed by atoms with Gasteiger partial charge in [0.1, 0.15) is 11.6 Å². The lowest BCUT2D eigenvalue weighted by atomic mass is 10.1. The van der Waals surface area contributed by atoms with Gasteiger partial charge in [-0.3, -0.25) is 0 Å². The van der Waals surface area contributed by atoms with E-state index in [2.05, 4.69) is 33.4 Å². The first kappa shape index (κ1) is 12.8. The van der Waals surface area contributed by atoms with Crippen LogP contribution in [-0.4, -0.2) is 35.9 Å². The van der Waals surface area contributed by atoms with Gasteiger partial charge in [0, 0.05) is 19.6 Å². The molecule has 1 aliphatic heterocycles. The molecule has 2 heterocycles. The summed E-state index contributed by atoms with van der Waals surface area (Å²) in [4.78, 5) is 2.22. The van der Waals surface area contributed by atoms with Gasteiger partial charge in [0.05, 0.1) is 11.7 Å². The third kappa shape index (κ3) is 2.16. The van der Waals surface area contributed by atoms with E-state index < -0.39 is 0 Å². The van der Waals surface area contributed by atoms with E-state index >= 15 is 0 Å². The van der Waals surface area contributed by atoms with E-state index in [1.54, 1.807) is 0 Å². The molecule has 1 fully saturated rings. The zero-order valence-corrected chi connectivity index (χ0v) is 11.2. The van der Waals surface area contributed by atoms with Crippen molar-refractivity contribution in [3.8, 4) is 6.07 Å². The fourth-order valence-electron chi connectivity index (χ4n) is 2.13. The van der Waals surface area contributed by atoms with E-state index in [1.165, 1.54) is 0 Å². The summed E-state index contributed by atoms with van der Waals surface area (Å²) in [6, 6.07) is 2.72. The van der Waals surface area contributed by atoms with Crippen LogP contribution in [0, 0.1) is 25.2 Å². The summed E-state index contributed by atoms with van der Waals surface area (Å²) in [5, 5.41) is 21.0. The van der Waals surface area contributed by atoms with E-state index in [0.717, 1.165) is 43.1 Å². The Morgan fingerprint density at radius 2 is 2.11 bits per heavy atom. The van der Waals surface area contributed by atoms with Gasteiger partial charge in [-0.1, -0.05) is 6.92 Å². The topological polar surface area (TPSA) is 64.8 Å². The SMILES string of the molecule is CCCN(c1nnc(C)c(C)c1C#N)C1CNC1. The van der Waals surface area contributed by atoms with Crippen molar-refractivity contribution >= 4 is 5.82 Å². The first-order valence-electron chi connectivity index (χ1n) is 6.40. The maximum Gasteiger partial charge on any atom is 0.169 e. The molecule has 1 aromatic rings. The second-order valence-electron chi connectivity index (χ2n) is 4.73. The Morgan fingerprint density at radius 3 is 2.61 bits per heavy atom. The van der Waals surface area contributed by atoms with Gasteiger partial charge >= 0.3 is 0 Å². The predicted octanol–water partition coefficient (Wildman–Crippen LogP) is 1.15. The largest absolute Gasteiger partial charge is 0.348 e. The summed E-state index contributed by atoms with van der Waals surface area (Å²) < 4.78 is 0. The third-order valence-electron chi connectivity index (χ3n) is 3.49. The molecule has 0 aliphatic carbocycles. The average molecular weight is 245 g/mol. The highest BCUT2D eigenvalue weighted by molar-refractivity contribution is 5.58. The molecule has 2 rings (SSSR count). The van der Waals surface area contributed by atoms with Crippen LogP contribution in [-0.2, 0) is 0 Å². The molecule has 1 aliphatic rings. The summed E-state index contributed by atoms with van der Waals surface area (Å²) in [6.07, 6.45) is 1.04. The zero-order valence-electron chi connectivity index (χ0n) is 11.2. The van der Waals surface area contributed by atoms with Crippen LogP contribution >= 0.6 is 0 Å². The number of rotatable bonds is 4. The lowest BCUT2D eigenvalue weighted by Crippen LogP contribution is -2.58. The molecule has 18 heavy (non-hydrogen) atoms. The number of nitriles is 1. The summed E-state index contributed by atoms with van der Waals surface area (Å²) in [5.41, 5.74) is 2.44. The molecule has 0 bridgehead atoms. The number of hydrogen-bond donors (Lipinski definition) is 1. The highest BCUT2D eigenvalue weighted by Crippen LogP contribution is 2.24. The van der Waals surface area contributed by atoms with E-state index in [1.807, 2.05) is 13.8 Å². The molecule has 0 spiro atoms. The molecule has 1 saturated heterocycles. The minimum absolute atomic E-state index is 0.438. The molecule has 0 amide bonds. The molecule has 0 radical (unpaired) electrons. The van der Waals surface area contributed by atoms with Crippen molar-refractivity contribution in [3.63, 3.8) is 0 Å². The van der Waals surface area contributed by atoms with Crippen LogP contribution in [0.3, 0.4) is 0 Å². The Bertz CT molecular complexity index is 473. The minimum atomic E-state index is 0.438. The number of hydrogen-bond acceptors (Lipinski definition) is 5. The molecule has 5 heteroatoms. The van der Waals surface area contributed by atoms with Gasteiger partial charge in [-0.05, 0) is 25.8 Å². The second-order valence-corrected chi connectivity index (χ2v) is 4.73. The predicted molar refractivity (Wildman–Crippen MR) is 70.5 cm³/mol. The van der Waals surface area contributed by atoms with Crippen LogP contribution in [0.1, 0.15) is 30.2 Å². The van der Waals surface area contributed by atoms with E-state index in [4.69, 9.17) is 0 Å². The van der Waals surface area contributed by atoms with Crippen LogP contribution in [0.15, 0.2) is 0 Å². The molecule has 1 N–H and O–H groups in total. The number of nitrogens with one attached hydrogen (secondary N) is 1. The number of aromatic nitrogens is 2. The molecular weight excluding hydrogens is 226 g/mol. The van der Waals surface area contributed by atoms with Gasteiger partial charge < -0.3 is 10.2 Å². The molecule has 1 aromatic heterocycles. The zero-order chi connectivity index (χ0) is 13.1. The number of anilines is 1. The van der Waals surface area contributed by atoms with Crippen LogP contribution in [0.5, 0.6) is 0 Å². The maximum absolute atomic E-state index is 9.35. The molecule has 0 atom stereocenters. The molecule has 96 valence electrons. The van der Waals surface area contributed by atoms with E-state index in [-0.39, 0.29) is 0 Å². The summed E-state index contributed by atoms with van der Waals surface area (Å²) in [7, 11) is 0. The van der Waals surface area contributed by atoms with Crippen LogP contribution in [0.2, 0.25) is 0 Å². The summed E-state index contributed by atoms with van der Waals surface area (Å²) in [6.45, 7) is 8.80. The van der Waals surface area contributed by atoms with E-state index in [0.29, 0.717) is 11.6 Å². The summed E-state index contributed by atoms with van der Waals surface area (Å²) in [5.74, 6) is 0.744. The van der Waals surface area contributed by atoms with Gasteiger partial charge in [0.2, 0.25) is 0 Å².